The zero-order valence-corrected chi connectivity index (χ0v) is 12.4. The lowest BCUT2D eigenvalue weighted by atomic mass is 10.1. The SMILES string of the molecule is NC(=O)c1ccc(Nc2cccc(C(=O)NCC(F)(F)F)c2)cc1. The minimum Gasteiger partial charge on any atom is -0.366 e. The molecular weight excluding hydrogens is 323 g/mol. The highest BCUT2D eigenvalue weighted by Crippen LogP contribution is 2.19. The van der Waals surface area contributed by atoms with Gasteiger partial charge < -0.3 is 16.4 Å². The molecule has 0 saturated carbocycles. The Kier molecular flexibility index (Phi) is 5.08. The van der Waals surface area contributed by atoms with Gasteiger partial charge in [-0.15, -0.1) is 0 Å². The predicted octanol–water partition coefficient (Wildman–Crippen LogP) is 2.82. The Hall–Kier alpha value is -3.03. The van der Waals surface area contributed by atoms with Crippen molar-refractivity contribution < 1.29 is 22.8 Å². The van der Waals surface area contributed by atoms with Crippen LogP contribution in [0, 0.1) is 0 Å². The molecule has 0 aromatic heterocycles. The van der Waals surface area contributed by atoms with E-state index in [1.807, 2.05) is 0 Å². The van der Waals surface area contributed by atoms with Gasteiger partial charge in [-0.05, 0) is 42.5 Å². The Morgan fingerprint density at radius 2 is 1.62 bits per heavy atom. The molecule has 0 aliphatic carbocycles. The maximum atomic E-state index is 12.1. The Bertz CT molecular complexity index is 743. The van der Waals surface area contributed by atoms with Gasteiger partial charge in [0.2, 0.25) is 5.91 Å². The molecular formula is C16H14F3N3O2. The Morgan fingerprint density at radius 1 is 0.958 bits per heavy atom. The first-order chi connectivity index (χ1) is 11.2. The van der Waals surface area contributed by atoms with Crippen LogP contribution in [0.2, 0.25) is 0 Å². The molecule has 0 saturated heterocycles. The first-order valence-electron chi connectivity index (χ1n) is 6.86. The molecule has 0 aliphatic rings. The number of rotatable bonds is 5. The summed E-state index contributed by atoms with van der Waals surface area (Å²) in [6.07, 6.45) is -4.46. The summed E-state index contributed by atoms with van der Waals surface area (Å²) in [6.45, 7) is -1.39. The number of benzene rings is 2. The molecule has 2 rings (SSSR count). The summed E-state index contributed by atoms with van der Waals surface area (Å²) in [7, 11) is 0. The molecule has 2 aromatic rings. The highest BCUT2D eigenvalue weighted by molar-refractivity contribution is 5.95. The fourth-order valence-electron chi connectivity index (χ4n) is 1.91. The number of halogens is 3. The van der Waals surface area contributed by atoms with E-state index in [1.165, 1.54) is 24.3 Å². The van der Waals surface area contributed by atoms with Gasteiger partial charge in [-0.3, -0.25) is 9.59 Å². The second-order valence-corrected chi connectivity index (χ2v) is 4.95. The summed E-state index contributed by atoms with van der Waals surface area (Å²) < 4.78 is 36.4. The molecule has 126 valence electrons. The molecule has 0 aliphatic heterocycles. The van der Waals surface area contributed by atoms with Crippen LogP contribution in [0.4, 0.5) is 24.5 Å². The van der Waals surface area contributed by atoms with E-state index in [0.29, 0.717) is 16.9 Å². The fraction of sp³-hybridized carbons (Fsp3) is 0.125. The Labute approximate surface area is 135 Å². The molecule has 24 heavy (non-hydrogen) atoms. The van der Waals surface area contributed by atoms with Crippen molar-refractivity contribution in [3.63, 3.8) is 0 Å². The summed E-state index contributed by atoms with van der Waals surface area (Å²) in [5.74, 6) is -1.37. The number of carbonyl (C=O) groups is 2. The molecule has 0 bridgehead atoms. The van der Waals surface area contributed by atoms with Gasteiger partial charge in [-0.25, -0.2) is 0 Å². The molecule has 0 spiro atoms. The quantitative estimate of drug-likeness (QED) is 0.784. The van der Waals surface area contributed by atoms with E-state index in [9.17, 15) is 22.8 Å². The van der Waals surface area contributed by atoms with E-state index in [-0.39, 0.29) is 5.56 Å². The molecule has 0 unspecified atom stereocenters. The van der Waals surface area contributed by atoms with Crippen LogP contribution in [0.15, 0.2) is 48.5 Å². The van der Waals surface area contributed by atoms with E-state index < -0.39 is 24.5 Å². The van der Waals surface area contributed by atoms with E-state index >= 15 is 0 Å². The van der Waals surface area contributed by atoms with Crippen LogP contribution in [0.3, 0.4) is 0 Å². The maximum absolute atomic E-state index is 12.1. The normalized spacial score (nSPS) is 11.0. The molecule has 0 heterocycles. The van der Waals surface area contributed by atoms with E-state index in [4.69, 9.17) is 5.73 Å². The van der Waals surface area contributed by atoms with Gasteiger partial charge in [0.15, 0.2) is 0 Å². The van der Waals surface area contributed by atoms with Crippen molar-refractivity contribution in [3.05, 3.63) is 59.7 Å². The number of nitrogens with two attached hydrogens (primary N) is 1. The van der Waals surface area contributed by atoms with Crippen molar-refractivity contribution in [1.82, 2.24) is 5.32 Å². The summed E-state index contributed by atoms with van der Waals surface area (Å²) in [4.78, 5) is 22.7. The van der Waals surface area contributed by atoms with E-state index in [2.05, 4.69) is 5.32 Å². The number of alkyl halides is 3. The van der Waals surface area contributed by atoms with Crippen molar-refractivity contribution in [2.45, 2.75) is 6.18 Å². The molecule has 0 radical (unpaired) electrons. The average Bonchev–Trinajstić information content (AvgIpc) is 2.52. The third-order valence-electron chi connectivity index (χ3n) is 3.03. The third-order valence-corrected chi connectivity index (χ3v) is 3.03. The second kappa shape index (κ2) is 7.03. The van der Waals surface area contributed by atoms with Crippen molar-refractivity contribution in [2.24, 2.45) is 5.73 Å². The molecule has 0 atom stereocenters. The van der Waals surface area contributed by atoms with Crippen LogP contribution in [-0.2, 0) is 0 Å². The van der Waals surface area contributed by atoms with Gasteiger partial charge in [0.05, 0.1) is 0 Å². The monoisotopic (exact) mass is 337 g/mol. The number of anilines is 2. The maximum Gasteiger partial charge on any atom is 0.405 e. The highest BCUT2D eigenvalue weighted by atomic mass is 19.4. The first-order valence-corrected chi connectivity index (χ1v) is 6.86. The molecule has 5 nitrogen and oxygen atoms in total. The number of nitrogens with one attached hydrogen (secondary N) is 2. The lowest BCUT2D eigenvalue weighted by Crippen LogP contribution is -2.33. The molecule has 2 amide bonds. The van der Waals surface area contributed by atoms with Crippen LogP contribution in [0.25, 0.3) is 0 Å². The van der Waals surface area contributed by atoms with Gasteiger partial charge in [-0.2, -0.15) is 13.2 Å². The van der Waals surface area contributed by atoms with Gasteiger partial charge in [0, 0.05) is 22.5 Å². The highest BCUT2D eigenvalue weighted by Gasteiger charge is 2.27. The summed E-state index contributed by atoms with van der Waals surface area (Å²) >= 11 is 0. The Balaban J connectivity index is 2.07. The van der Waals surface area contributed by atoms with Gasteiger partial charge in [-0.1, -0.05) is 6.07 Å². The number of hydrogen-bond acceptors (Lipinski definition) is 3. The number of carbonyl (C=O) groups excluding carboxylic acids is 2. The van der Waals surface area contributed by atoms with Crippen LogP contribution in [-0.4, -0.2) is 24.5 Å². The minimum atomic E-state index is -4.46. The zero-order valence-electron chi connectivity index (χ0n) is 12.4. The van der Waals surface area contributed by atoms with E-state index in [1.54, 1.807) is 29.6 Å². The lowest BCUT2D eigenvalue weighted by molar-refractivity contribution is -0.123. The zero-order chi connectivity index (χ0) is 17.7. The van der Waals surface area contributed by atoms with Crippen LogP contribution in [0.1, 0.15) is 20.7 Å². The molecule has 4 N–H and O–H groups in total. The number of primary amides is 1. The van der Waals surface area contributed by atoms with Gasteiger partial charge in [0.1, 0.15) is 6.54 Å². The largest absolute Gasteiger partial charge is 0.405 e. The van der Waals surface area contributed by atoms with E-state index in [0.717, 1.165) is 0 Å². The van der Waals surface area contributed by atoms with Crippen LogP contribution >= 0.6 is 0 Å². The smallest absolute Gasteiger partial charge is 0.366 e. The van der Waals surface area contributed by atoms with Crippen molar-refractivity contribution in [2.75, 3.05) is 11.9 Å². The third kappa shape index (κ3) is 5.01. The topological polar surface area (TPSA) is 84.2 Å². The number of amides is 2. The summed E-state index contributed by atoms with van der Waals surface area (Å²) in [5, 5.41) is 4.79. The fourth-order valence-corrected chi connectivity index (χ4v) is 1.91. The lowest BCUT2D eigenvalue weighted by Gasteiger charge is -2.10. The predicted molar refractivity (Wildman–Crippen MR) is 83.1 cm³/mol. The second-order valence-electron chi connectivity index (χ2n) is 4.95. The first kappa shape index (κ1) is 17.3. The van der Waals surface area contributed by atoms with Gasteiger partial charge in [0.25, 0.3) is 5.91 Å². The standard InChI is InChI=1S/C16H14F3N3O2/c17-16(18,19)9-21-15(24)11-2-1-3-13(8-11)22-12-6-4-10(5-7-12)14(20)23/h1-8,22H,9H2,(H2,20,23)(H,21,24). The number of hydrogen-bond donors (Lipinski definition) is 3. The summed E-state index contributed by atoms with van der Waals surface area (Å²) in [5.41, 5.74) is 6.74. The van der Waals surface area contributed by atoms with Crippen molar-refractivity contribution in [3.8, 4) is 0 Å². The Morgan fingerprint density at radius 3 is 2.21 bits per heavy atom. The molecule has 8 heteroatoms. The van der Waals surface area contributed by atoms with Crippen LogP contribution < -0.4 is 16.4 Å². The molecule has 2 aromatic carbocycles. The average molecular weight is 337 g/mol. The van der Waals surface area contributed by atoms with Crippen molar-refractivity contribution >= 4 is 23.2 Å². The van der Waals surface area contributed by atoms with Crippen molar-refractivity contribution in [1.29, 1.82) is 0 Å². The minimum absolute atomic E-state index is 0.0954. The van der Waals surface area contributed by atoms with Crippen LogP contribution in [0.5, 0.6) is 0 Å². The van der Waals surface area contributed by atoms with Gasteiger partial charge >= 0.3 is 6.18 Å². The molecule has 0 fully saturated rings. The summed E-state index contributed by atoms with van der Waals surface area (Å²) in [6, 6.07) is 12.3.